The highest BCUT2D eigenvalue weighted by atomic mass is 16.6. The molecule has 2 rings (SSSR count). The lowest BCUT2D eigenvalue weighted by atomic mass is 10.1. The smallest absolute Gasteiger partial charge is 0.282 e. The molecule has 9 nitrogen and oxygen atoms in total. The summed E-state index contributed by atoms with van der Waals surface area (Å²) in [5, 5.41) is 24.4. The Morgan fingerprint density at radius 3 is 2.75 bits per heavy atom. The Bertz CT molecular complexity index is 820. The number of anilines is 1. The number of nitrogen functional groups attached to an aromatic ring is 1. The number of rotatable bonds is 5. The number of nitrogens with one attached hydrogen (secondary N) is 1. The Kier molecular flexibility index (Phi) is 4.95. The Morgan fingerprint density at radius 2 is 2.12 bits per heavy atom. The van der Waals surface area contributed by atoms with Gasteiger partial charge in [0.25, 0.3) is 11.6 Å². The van der Waals surface area contributed by atoms with Crippen LogP contribution in [0.5, 0.6) is 11.5 Å². The van der Waals surface area contributed by atoms with E-state index in [1.165, 1.54) is 13.2 Å². The van der Waals surface area contributed by atoms with Gasteiger partial charge in [-0.15, -0.1) is 0 Å². The van der Waals surface area contributed by atoms with Crippen molar-refractivity contribution >= 4 is 23.5 Å². The van der Waals surface area contributed by atoms with Crippen molar-refractivity contribution in [3.63, 3.8) is 0 Å². The molecule has 1 amide bonds. The van der Waals surface area contributed by atoms with E-state index in [1.54, 1.807) is 18.2 Å². The molecule has 0 heterocycles. The van der Waals surface area contributed by atoms with Crippen LogP contribution in [-0.2, 0) is 0 Å². The minimum Gasteiger partial charge on any atom is -0.504 e. The predicted molar refractivity (Wildman–Crippen MR) is 87.2 cm³/mol. The van der Waals surface area contributed by atoms with Crippen LogP contribution < -0.4 is 15.9 Å². The molecule has 2 aromatic carbocycles. The number of carbonyl (C=O) groups is 1. The fraction of sp³-hybridized carbons (Fsp3) is 0.0667. The molecule has 124 valence electrons. The van der Waals surface area contributed by atoms with Gasteiger partial charge in [-0.3, -0.25) is 14.9 Å². The lowest BCUT2D eigenvalue weighted by Crippen LogP contribution is -2.19. The molecule has 0 unspecified atom stereocenters. The zero-order chi connectivity index (χ0) is 17.7. The van der Waals surface area contributed by atoms with Crippen molar-refractivity contribution in [3.8, 4) is 11.5 Å². The Balaban J connectivity index is 2.23. The Hall–Kier alpha value is -3.62. The van der Waals surface area contributed by atoms with Gasteiger partial charge in [0, 0.05) is 5.69 Å². The van der Waals surface area contributed by atoms with E-state index in [-0.39, 0.29) is 34.0 Å². The first-order valence-corrected chi connectivity index (χ1v) is 6.67. The zero-order valence-electron chi connectivity index (χ0n) is 12.6. The third kappa shape index (κ3) is 3.58. The van der Waals surface area contributed by atoms with Crippen molar-refractivity contribution in [1.29, 1.82) is 0 Å². The Labute approximate surface area is 136 Å². The first-order chi connectivity index (χ1) is 11.4. The summed E-state index contributed by atoms with van der Waals surface area (Å²) >= 11 is 0. The summed E-state index contributed by atoms with van der Waals surface area (Å²) in [6.45, 7) is 0. The van der Waals surface area contributed by atoms with Crippen molar-refractivity contribution in [3.05, 3.63) is 57.6 Å². The van der Waals surface area contributed by atoms with Crippen LogP contribution in [0.15, 0.2) is 41.5 Å². The zero-order valence-corrected chi connectivity index (χ0v) is 12.6. The number of aromatic hydroxyl groups is 1. The van der Waals surface area contributed by atoms with Crippen molar-refractivity contribution in [2.45, 2.75) is 0 Å². The molecule has 0 spiro atoms. The highest BCUT2D eigenvalue weighted by Gasteiger charge is 2.17. The van der Waals surface area contributed by atoms with Crippen LogP contribution in [-0.4, -0.2) is 29.3 Å². The van der Waals surface area contributed by atoms with Crippen LogP contribution in [0.1, 0.15) is 15.9 Å². The number of nitrogens with two attached hydrogens (primary N) is 1. The number of amides is 1. The van der Waals surface area contributed by atoms with Crippen LogP contribution in [0.2, 0.25) is 0 Å². The third-order valence-electron chi connectivity index (χ3n) is 3.10. The molecular formula is C15H14N4O5. The normalized spacial score (nSPS) is 10.5. The van der Waals surface area contributed by atoms with Crippen molar-refractivity contribution in [2.24, 2.45) is 5.10 Å². The summed E-state index contributed by atoms with van der Waals surface area (Å²) in [5.41, 5.74) is 8.06. The summed E-state index contributed by atoms with van der Waals surface area (Å²) in [6.07, 6.45) is 1.05. The molecule has 0 saturated carbocycles. The van der Waals surface area contributed by atoms with E-state index in [9.17, 15) is 20.0 Å². The molecule has 9 heteroatoms. The topological polar surface area (TPSA) is 140 Å². The Morgan fingerprint density at radius 1 is 1.42 bits per heavy atom. The van der Waals surface area contributed by atoms with Gasteiger partial charge in [-0.1, -0.05) is 12.1 Å². The number of nitro benzene ring substituents is 1. The summed E-state index contributed by atoms with van der Waals surface area (Å²) in [4.78, 5) is 22.3. The third-order valence-corrected chi connectivity index (χ3v) is 3.10. The fourth-order valence-corrected chi connectivity index (χ4v) is 1.92. The number of hydrogen-bond donors (Lipinski definition) is 3. The molecule has 0 saturated heterocycles. The van der Waals surface area contributed by atoms with E-state index in [1.807, 2.05) is 0 Å². The number of ether oxygens (including phenoxy) is 1. The molecule has 24 heavy (non-hydrogen) atoms. The molecule has 0 aliphatic carbocycles. The van der Waals surface area contributed by atoms with Crippen LogP contribution in [0.3, 0.4) is 0 Å². The van der Waals surface area contributed by atoms with Gasteiger partial charge >= 0.3 is 0 Å². The van der Waals surface area contributed by atoms with E-state index < -0.39 is 10.8 Å². The van der Waals surface area contributed by atoms with Gasteiger partial charge in [0.2, 0.25) is 0 Å². The molecule has 0 bridgehead atoms. The minimum atomic E-state index is -0.652. The summed E-state index contributed by atoms with van der Waals surface area (Å²) < 4.78 is 4.82. The average Bonchev–Trinajstić information content (AvgIpc) is 2.55. The second-order valence-electron chi connectivity index (χ2n) is 4.63. The van der Waals surface area contributed by atoms with Crippen molar-refractivity contribution in [2.75, 3.05) is 12.8 Å². The van der Waals surface area contributed by atoms with Gasteiger partial charge < -0.3 is 15.6 Å². The van der Waals surface area contributed by atoms with Gasteiger partial charge in [-0.2, -0.15) is 5.10 Å². The first-order valence-electron chi connectivity index (χ1n) is 6.67. The molecule has 2 aromatic rings. The quantitative estimate of drug-likeness (QED) is 0.329. The average molecular weight is 330 g/mol. The number of phenols is 1. The van der Waals surface area contributed by atoms with E-state index in [0.717, 1.165) is 18.3 Å². The number of methoxy groups -OCH3 is 1. The van der Waals surface area contributed by atoms with Crippen molar-refractivity contribution < 1.29 is 19.6 Å². The highest BCUT2D eigenvalue weighted by molar-refractivity contribution is 5.99. The number of hydrogen-bond acceptors (Lipinski definition) is 7. The second kappa shape index (κ2) is 7.09. The van der Waals surface area contributed by atoms with E-state index in [0.29, 0.717) is 0 Å². The van der Waals surface area contributed by atoms with Crippen molar-refractivity contribution in [1.82, 2.24) is 5.43 Å². The number of nitro groups is 1. The molecular weight excluding hydrogens is 316 g/mol. The first kappa shape index (κ1) is 16.7. The summed E-state index contributed by atoms with van der Waals surface area (Å²) in [6, 6.07) is 8.57. The fourth-order valence-electron chi connectivity index (χ4n) is 1.92. The molecule has 0 radical (unpaired) electrons. The molecule has 0 fully saturated rings. The van der Waals surface area contributed by atoms with Gasteiger partial charge in [-0.25, -0.2) is 5.43 Å². The monoisotopic (exact) mass is 330 g/mol. The van der Waals surface area contributed by atoms with Gasteiger partial charge in [0.05, 0.1) is 35.4 Å². The number of phenolic OH excluding ortho intramolecular Hbond substituents is 1. The summed E-state index contributed by atoms with van der Waals surface area (Å²) in [7, 11) is 1.27. The SMILES string of the molecule is COc1cc([N+](=O)[O-])c(/C=N/NC(=O)c2ccccc2N)cc1O. The maximum Gasteiger partial charge on any atom is 0.282 e. The van der Waals surface area contributed by atoms with Gasteiger partial charge in [-0.05, 0) is 18.2 Å². The lowest BCUT2D eigenvalue weighted by molar-refractivity contribution is -0.385. The van der Waals surface area contributed by atoms with Crippen LogP contribution in [0.25, 0.3) is 0 Å². The van der Waals surface area contributed by atoms with E-state index in [4.69, 9.17) is 10.5 Å². The maximum atomic E-state index is 11.9. The largest absolute Gasteiger partial charge is 0.504 e. The lowest BCUT2D eigenvalue weighted by Gasteiger charge is -2.05. The van der Waals surface area contributed by atoms with E-state index in [2.05, 4.69) is 10.5 Å². The molecule has 4 N–H and O–H groups in total. The number of carbonyl (C=O) groups excluding carboxylic acids is 1. The predicted octanol–water partition coefficient (Wildman–Crippen LogP) is 1.66. The molecule has 0 aliphatic heterocycles. The van der Waals surface area contributed by atoms with Crippen LogP contribution in [0.4, 0.5) is 11.4 Å². The number of nitrogens with zero attached hydrogens (tertiary/aromatic N) is 2. The number of para-hydroxylation sites is 1. The standard InChI is InChI=1S/C15H14N4O5/c1-24-14-7-12(19(22)23)9(6-13(14)20)8-17-18-15(21)10-4-2-3-5-11(10)16/h2-8,20H,16H2,1H3,(H,18,21)/b17-8+. The van der Waals surface area contributed by atoms with E-state index >= 15 is 0 Å². The van der Waals surface area contributed by atoms with Gasteiger partial charge in [0.15, 0.2) is 11.5 Å². The van der Waals surface area contributed by atoms with Gasteiger partial charge in [0.1, 0.15) is 0 Å². The molecule has 0 aromatic heterocycles. The molecule has 0 atom stereocenters. The van der Waals surface area contributed by atoms with Crippen LogP contribution in [0, 0.1) is 10.1 Å². The second-order valence-corrected chi connectivity index (χ2v) is 4.63. The number of hydrazone groups is 1. The van der Waals surface area contributed by atoms with Crippen LogP contribution >= 0.6 is 0 Å². The maximum absolute atomic E-state index is 11.9. The number of benzene rings is 2. The highest BCUT2D eigenvalue weighted by Crippen LogP contribution is 2.32. The summed E-state index contributed by atoms with van der Waals surface area (Å²) in [5.74, 6) is -0.895. The minimum absolute atomic E-state index is 0.000339. The molecule has 0 aliphatic rings.